The second-order valence-corrected chi connectivity index (χ2v) is 19.0. The molecule has 14 atom stereocenters. The Balaban J connectivity index is 1.67. The van der Waals surface area contributed by atoms with Gasteiger partial charge in [0.2, 0.25) is 5.79 Å². The molecule has 3 unspecified atom stereocenters. The van der Waals surface area contributed by atoms with Crippen molar-refractivity contribution < 1.29 is 63.0 Å². The van der Waals surface area contributed by atoms with E-state index in [1.165, 1.54) is 12.0 Å². The van der Waals surface area contributed by atoms with Crippen molar-refractivity contribution in [2.24, 2.45) is 29.6 Å². The summed E-state index contributed by atoms with van der Waals surface area (Å²) >= 11 is 0. The summed E-state index contributed by atoms with van der Waals surface area (Å²) in [6.07, 6.45) is 11.6. The standard InChI is InChI=1S/C50H77NO13/c1-30-15-11-10-12-16-31(2)42(60-7)29-38-21-18-35(6)50(59,64-38)47(56)48(57)51-24-14-13-17-39(51)49(58)63-37(22-19-36-20-23-40(52)43(27-36)61-8)28-41(53)32(3)26-34(5)45(55)46(62-9)44(54)33(4)25-30/h10-12,15-16,26,30,32-33,35-40,42-43,45-46,52,55,59H,13-14,17-25,27-29H2,1-9H3/b12-10+,15-11+,31-16+,34-26+/t30-,32-,33+,35+,36-,37-,38+,39-,40+,42?,43-,45+,46?,50?/m0/s1. The van der Waals surface area contributed by atoms with Crippen LogP contribution in [0.3, 0.4) is 0 Å². The summed E-state index contributed by atoms with van der Waals surface area (Å²) in [6, 6.07) is -1.13. The number of ketones is 3. The highest BCUT2D eigenvalue weighted by molar-refractivity contribution is 6.39. The van der Waals surface area contributed by atoms with Crippen molar-refractivity contribution in [2.75, 3.05) is 27.9 Å². The summed E-state index contributed by atoms with van der Waals surface area (Å²) in [5.74, 6) is -7.56. The van der Waals surface area contributed by atoms with Gasteiger partial charge < -0.3 is 43.9 Å². The van der Waals surface area contributed by atoms with Crippen LogP contribution in [0.15, 0.2) is 47.6 Å². The number of hydrogen-bond donors (Lipinski definition) is 3. The average molecular weight is 900 g/mol. The lowest BCUT2D eigenvalue weighted by Crippen LogP contribution is -2.60. The van der Waals surface area contributed by atoms with Gasteiger partial charge in [-0.3, -0.25) is 19.2 Å². The molecule has 2 bridgehead atoms. The van der Waals surface area contributed by atoms with Crippen LogP contribution in [0.1, 0.15) is 125 Å². The number of amides is 1. The fourth-order valence-electron chi connectivity index (χ4n) is 9.79. The van der Waals surface area contributed by atoms with E-state index in [9.17, 15) is 39.3 Å². The lowest BCUT2D eigenvalue weighted by Gasteiger charge is -2.42. The molecule has 3 N–H and O–H groups in total. The maximum atomic E-state index is 14.2. The predicted molar refractivity (Wildman–Crippen MR) is 241 cm³/mol. The molecule has 1 aliphatic carbocycles. The van der Waals surface area contributed by atoms with Crippen LogP contribution in [0.2, 0.25) is 0 Å². The Hall–Kier alpha value is -3.37. The van der Waals surface area contributed by atoms with Gasteiger partial charge in [-0.25, -0.2) is 4.79 Å². The van der Waals surface area contributed by atoms with Crippen molar-refractivity contribution in [3.8, 4) is 0 Å². The zero-order chi connectivity index (χ0) is 47.3. The maximum Gasteiger partial charge on any atom is 0.329 e. The molecule has 3 fully saturated rings. The number of cyclic esters (lactones) is 1. The molecule has 1 saturated carbocycles. The smallest absolute Gasteiger partial charge is 0.329 e. The summed E-state index contributed by atoms with van der Waals surface area (Å²) in [6.45, 7) is 10.8. The zero-order valence-electron chi connectivity index (χ0n) is 39.7. The molecular weight excluding hydrogens is 823 g/mol. The number of allylic oxidation sites excluding steroid dienone is 6. The first-order valence-electron chi connectivity index (χ1n) is 23.5. The second-order valence-electron chi connectivity index (χ2n) is 19.0. The number of carbonyl (C=O) groups excluding carboxylic acids is 5. The summed E-state index contributed by atoms with van der Waals surface area (Å²) < 4.78 is 29.2. The van der Waals surface area contributed by atoms with Gasteiger partial charge in [-0.2, -0.15) is 0 Å². The lowest BCUT2D eigenvalue weighted by atomic mass is 9.81. The highest BCUT2D eigenvalue weighted by Crippen LogP contribution is 2.37. The molecule has 0 spiro atoms. The monoisotopic (exact) mass is 900 g/mol. The van der Waals surface area contributed by atoms with Gasteiger partial charge in [-0.15, -0.1) is 0 Å². The molecule has 0 radical (unpaired) electrons. The van der Waals surface area contributed by atoms with Gasteiger partial charge >= 0.3 is 5.97 Å². The molecule has 3 heterocycles. The van der Waals surface area contributed by atoms with Gasteiger partial charge in [0.25, 0.3) is 11.7 Å². The zero-order valence-corrected chi connectivity index (χ0v) is 39.7. The molecule has 14 heteroatoms. The van der Waals surface area contributed by atoms with E-state index in [1.807, 2.05) is 51.2 Å². The van der Waals surface area contributed by atoms with E-state index in [0.717, 1.165) is 12.0 Å². The predicted octanol–water partition coefficient (Wildman–Crippen LogP) is 5.93. The number of fused-ring (bicyclic) bond motifs is 3. The average Bonchev–Trinajstić information content (AvgIpc) is 3.27. The van der Waals surface area contributed by atoms with Crippen LogP contribution >= 0.6 is 0 Å². The molecule has 4 aliphatic rings. The molecule has 0 aromatic heterocycles. The van der Waals surface area contributed by atoms with Crippen molar-refractivity contribution in [1.29, 1.82) is 0 Å². The number of aliphatic hydroxyl groups is 3. The molecule has 64 heavy (non-hydrogen) atoms. The van der Waals surface area contributed by atoms with E-state index in [0.29, 0.717) is 69.8 Å². The fourth-order valence-corrected chi connectivity index (χ4v) is 9.79. The first kappa shape index (κ1) is 53.2. The minimum Gasteiger partial charge on any atom is -0.460 e. The number of piperidine rings is 1. The third-order valence-electron chi connectivity index (χ3n) is 14.1. The summed E-state index contributed by atoms with van der Waals surface area (Å²) in [7, 11) is 4.51. The first-order chi connectivity index (χ1) is 30.3. The Morgan fingerprint density at radius 3 is 2.23 bits per heavy atom. The van der Waals surface area contributed by atoms with Crippen molar-refractivity contribution in [3.63, 3.8) is 0 Å². The minimum absolute atomic E-state index is 0.0217. The van der Waals surface area contributed by atoms with Crippen molar-refractivity contribution in [3.05, 3.63) is 47.6 Å². The van der Waals surface area contributed by atoms with E-state index in [4.69, 9.17) is 23.7 Å². The molecular formula is C50H77NO13. The van der Waals surface area contributed by atoms with E-state index < -0.39 is 83.9 Å². The normalized spacial score (nSPS) is 40.3. The number of esters is 1. The molecule has 14 nitrogen and oxygen atoms in total. The Kier molecular flexibility index (Phi) is 20.8. The number of methoxy groups -OCH3 is 3. The van der Waals surface area contributed by atoms with Gasteiger partial charge in [0.05, 0.1) is 24.4 Å². The topological polar surface area (TPSA) is 195 Å². The van der Waals surface area contributed by atoms with Crippen LogP contribution in [0.25, 0.3) is 0 Å². The number of aliphatic hydroxyl groups excluding tert-OH is 2. The number of rotatable bonds is 6. The van der Waals surface area contributed by atoms with Crippen LogP contribution in [0, 0.1) is 29.6 Å². The van der Waals surface area contributed by atoms with Crippen molar-refractivity contribution in [2.45, 2.75) is 180 Å². The number of nitrogens with zero attached hydrogens (tertiary/aromatic N) is 1. The van der Waals surface area contributed by atoms with Gasteiger partial charge in [-0.05, 0) is 107 Å². The van der Waals surface area contributed by atoms with E-state index in [-0.39, 0.29) is 48.9 Å². The Morgan fingerprint density at radius 1 is 0.812 bits per heavy atom. The molecule has 1 amide bonds. The fraction of sp³-hybridized carbons (Fsp3) is 0.740. The summed E-state index contributed by atoms with van der Waals surface area (Å²) in [4.78, 5) is 71.3. The molecule has 360 valence electrons. The molecule has 4 rings (SSSR count). The van der Waals surface area contributed by atoms with Crippen LogP contribution in [-0.4, -0.2) is 132 Å². The molecule has 3 aliphatic heterocycles. The van der Waals surface area contributed by atoms with Crippen molar-refractivity contribution in [1.82, 2.24) is 4.90 Å². The first-order valence-corrected chi connectivity index (χ1v) is 23.5. The van der Waals surface area contributed by atoms with Crippen LogP contribution in [-0.2, 0) is 47.7 Å². The van der Waals surface area contributed by atoms with E-state index >= 15 is 0 Å². The maximum absolute atomic E-state index is 14.2. The van der Waals surface area contributed by atoms with E-state index in [1.54, 1.807) is 41.1 Å². The SMILES string of the molecule is COC1C[C@H]2CC[C@@H](C)C(O)(O2)C(=O)C(=O)N2CCCC[C@H]2C(=O)O[C@@H](CC[C@H]2CC[C@@H](O)[C@@H](OC)C2)CC(=O)[C@@H](C)/C=C(\C)[C@@H](O)C(OC)C(=O)[C@H](C)C[C@@H](C)/C=C/C=C/C=C/1C. The molecule has 0 aromatic carbocycles. The van der Waals surface area contributed by atoms with Crippen molar-refractivity contribution >= 4 is 29.2 Å². The number of Topliss-reactive ketones (excluding diaryl/α,β-unsaturated/α-hetero) is 3. The minimum atomic E-state index is -2.42. The Bertz CT molecular complexity index is 1720. The van der Waals surface area contributed by atoms with Crippen LogP contribution < -0.4 is 0 Å². The summed E-state index contributed by atoms with van der Waals surface area (Å²) in [5, 5.41) is 33.7. The quantitative estimate of drug-likeness (QED) is 0.161. The van der Waals surface area contributed by atoms with E-state index in [2.05, 4.69) is 0 Å². The lowest BCUT2D eigenvalue weighted by molar-refractivity contribution is -0.265. The highest BCUT2D eigenvalue weighted by atomic mass is 16.6. The third-order valence-corrected chi connectivity index (χ3v) is 14.1. The number of ether oxygens (including phenoxy) is 5. The molecule has 0 aromatic rings. The third kappa shape index (κ3) is 14.1. The Morgan fingerprint density at radius 2 is 1.55 bits per heavy atom. The Labute approximate surface area is 380 Å². The number of hydrogen-bond acceptors (Lipinski definition) is 13. The summed E-state index contributed by atoms with van der Waals surface area (Å²) in [5.41, 5.74) is 1.27. The molecule has 2 saturated heterocycles. The number of carbonyl (C=O) groups is 5. The largest absolute Gasteiger partial charge is 0.460 e. The van der Waals surface area contributed by atoms with Crippen LogP contribution in [0.5, 0.6) is 0 Å². The van der Waals surface area contributed by atoms with Gasteiger partial charge in [0.15, 0.2) is 5.78 Å². The van der Waals surface area contributed by atoms with Gasteiger partial charge in [0.1, 0.15) is 30.1 Å². The highest BCUT2D eigenvalue weighted by Gasteiger charge is 2.53. The van der Waals surface area contributed by atoms with Gasteiger partial charge in [0, 0.05) is 58.5 Å². The van der Waals surface area contributed by atoms with Gasteiger partial charge in [-0.1, -0.05) is 64.2 Å². The second kappa shape index (κ2) is 25.0. The van der Waals surface area contributed by atoms with Crippen LogP contribution in [0.4, 0.5) is 0 Å².